The fourth-order valence-corrected chi connectivity index (χ4v) is 1.08. The molecule has 0 aromatic heterocycles. The van der Waals surface area contributed by atoms with Gasteiger partial charge in [0.25, 0.3) is 0 Å². The zero-order chi connectivity index (χ0) is 9.84. The SMILES string of the molecule is CCCN=C1NC(C)N=C(N)N1C. The van der Waals surface area contributed by atoms with Crippen molar-refractivity contribution in [3.63, 3.8) is 0 Å². The first-order valence-electron chi connectivity index (χ1n) is 4.53. The van der Waals surface area contributed by atoms with Gasteiger partial charge >= 0.3 is 0 Å². The van der Waals surface area contributed by atoms with Crippen LogP contribution in [0.3, 0.4) is 0 Å². The van der Waals surface area contributed by atoms with Crippen LogP contribution in [0.15, 0.2) is 9.98 Å². The topological polar surface area (TPSA) is 66.0 Å². The number of nitrogens with one attached hydrogen (secondary N) is 1. The Kier molecular flexibility index (Phi) is 3.11. The van der Waals surface area contributed by atoms with E-state index in [9.17, 15) is 0 Å². The van der Waals surface area contributed by atoms with Crippen LogP contribution in [0.2, 0.25) is 0 Å². The van der Waals surface area contributed by atoms with E-state index in [0.717, 1.165) is 18.9 Å². The molecule has 1 rings (SSSR count). The molecule has 0 aliphatic carbocycles. The first-order valence-corrected chi connectivity index (χ1v) is 4.53. The molecule has 0 bridgehead atoms. The number of nitrogens with two attached hydrogens (primary N) is 1. The van der Waals surface area contributed by atoms with Crippen molar-refractivity contribution in [2.75, 3.05) is 13.6 Å². The Morgan fingerprint density at radius 2 is 2.38 bits per heavy atom. The van der Waals surface area contributed by atoms with Crippen LogP contribution in [-0.4, -0.2) is 36.6 Å². The lowest BCUT2D eigenvalue weighted by Crippen LogP contribution is -2.53. The Morgan fingerprint density at radius 3 is 3.00 bits per heavy atom. The van der Waals surface area contributed by atoms with Gasteiger partial charge in [0, 0.05) is 13.6 Å². The minimum atomic E-state index is 0.0202. The fraction of sp³-hybridized carbons (Fsp3) is 0.750. The van der Waals surface area contributed by atoms with E-state index in [0.29, 0.717) is 5.96 Å². The van der Waals surface area contributed by atoms with Gasteiger partial charge in [0.05, 0.1) is 0 Å². The Morgan fingerprint density at radius 1 is 1.69 bits per heavy atom. The lowest BCUT2D eigenvalue weighted by molar-refractivity contribution is 0.565. The van der Waals surface area contributed by atoms with Crippen LogP contribution in [0.4, 0.5) is 0 Å². The van der Waals surface area contributed by atoms with Crippen LogP contribution < -0.4 is 11.1 Å². The molecule has 0 saturated heterocycles. The molecule has 0 fully saturated rings. The fourth-order valence-electron chi connectivity index (χ4n) is 1.08. The highest BCUT2D eigenvalue weighted by molar-refractivity contribution is 5.99. The predicted octanol–water partition coefficient (Wildman–Crippen LogP) is -0.0519. The van der Waals surface area contributed by atoms with Gasteiger partial charge in [0.1, 0.15) is 6.17 Å². The summed E-state index contributed by atoms with van der Waals surface area (Å²) in [5.74, 6) is 1.32. The van der Waals surface area contributed by atoms with Gasteiger partial charge in [0.2, 0.25) is 5.96 Å². The molecule has 74 valence electrons. The van der Waals surface area contributed by atoms with Crippen LogP contribution in [0.1, 0.15) is 20.3 Å². The molecule has 0 amide bonds. The second-order valence-corrected chi connectivity index (χ2v) is 3.07. The Balaban J connectivity index is 2.72. The molecule has 1 aliphatic rings. The van der Waals surface area contributed by atoms with Crippen molar-refractivity contribution in [1.29, 1.82) is 0 Å². The molecule has 1 unspecified atom stereocenters. The van der Waals surface area contributed by atoms with E-state index in [1.807, 2.05) is 14.0 Å². The molecule has 1 heterocycles. The van der Waals surface area contributed by atoms with Crippen molar-refractivity contribution in [3.8, 4) is 0 Å². The highest BCUT2D eigenvalue weighted by Gasteiger charge is 2.17. The average Bonchev–Trinajstić information content (AvgIpc) is 2.09. The summed E-state index contributed by atoms with van der Waals surface area (Å²) in [7, 11) is 1.85. The van der Waals surface area contributed by atoms with Crippen molar-refractivity contribution < 1.29 is 0 Å². The first kappa shape index (κ1) is 9.83. The molecule has 5 heteroatoms. The van der Waals surface area contributed by atoms with E-state index < -0.39 is 0 Å². The number of nitrogens with zero attached hydrogens (tertiary/aromatic N) is 3. The summed E-state index contributed by atoms with van der Waals surface area (Å²) in [5, 5.41) is 3.14. The van der Waals surface area contributed by atoms with Crippen LogP contribution in [0.5, 0.6) is 0 Å². The summed E-state index contributed by atoms with van der Waals surface area (Å²) in [4.78, 5) is 10.3. The van der Waals surface area contributed by atoms with E-state index >= 15 is 0 Å². The summed E-state index contributed by atoms with van der Waals surface area (Å²) in [6, 6.07) is 0. The third kappa shape index (κ3) is 2.34. The van der Waals surface area contributed by atoms with Crippen LogP contribution >= 0.6 is 0 Å². The molecular formula is C8H17N5. The smallest absolute Gasteiger partial charge is 0.202 e. The van der Waals surface area contributed by atoms with Gasteiger partial charge < -0.3 is 11.1 Å². The normalized spacial score (nSPS) is 25.8. The minimum Gasteiger partial charge on any atom is -0.369 e. The van der Waals surface area contributed by atoms with Gasteiger partial charge in [-0.2, -0.15) is 0 Å². The monoisotopic (exact) mass is 183 g/mol. The minimum absolute atomic E-state index is 0.0202. The van der Waals surface area contributed by atoms with Crippen LogP contribution in [-0.2, 0) is 0 Å². The summed E-state index contributed by atoms with van der Waals surface area (Å²) >= 11 is 0. The third-order valence-electron chi connectivity index (χ3n) is 1.81. The van der Waals surface area contributed by atoms with Gasteiger partial charge in [-0.25, -0.2) is 4.99 Å². The van der Waals surface area contributed by atoms with Crippen molar-refractivity contribution in [2.24, 2.45) is 15.7 Å². The molecule has 1 aliphatic heterocycles. The maximum Gasteiger partial charge on any atom is 0.202 e. The second-order valence-electron chi connectivity index (χ2n) is 3.07. The van der Waals surface area contributed by atoms with Crippen molar-refractivity contribution in [2.45, 2.75) is 26.4 Å². The number of rotatable bonds is 2. The van der Waals surface area contributed by atoms with Crippen LogP contribution in [0.25, 0.3) is 0 Å². The zero-order valence-electron chi connectivity index (χ0n) is 8.41. The standard InChI is InChI=1S/C8H17N5/c1-4-5-10-8-12-6(2)11-7(9)13(8)3/h6H,4-5H2,1-3H3,(H2,9,11)(H,10,12). The first-order chi connectivity index (χ1) is 6.15. The number of aliphatic imine (C=N–C) groups is 2. The number of hydrogen-bond donors (Lipinski definition) is 2. The largest absolute Gasteiger partial charge is 0.369 e. The lowest BCUT2D eigenvalue weighted by atomic mass is 10.5. The third-order valence-corrected chi connectivity index (χ3v) is 1.81. The van der Waals surface area contributed by atoms with Crippen molar-refractivity contribution in [1.82, 2.24) is 10.2 Å². The molecule has 0 saturated carbocycles. The Hall–Kier alpha value is -1.26. The molecule has 0 radical (unpaired) electrons. The molecular weight excluding hydrogens is 166 g/mol. The average molecular weight is 183 g/mol. The van der Waals surface area contributed by atoms with Gasteiger partial charge in [-0.05, 0) is 13.3 Å². The van der Waals surface area contributed by atoms with Crippen molar-refractivity contribution in [3.05, 3.63) is 0 Å². The molecule has 5 nitrogen and oxygen atoms in total. The van der Waals surface area contributed by atoms with E-state index in [1.54, 1.807) is 4.90 Å². The summed E-state index contributed by atoms with van der Waals surface area (Å²) in [5.41, 5.74) is 5.69. The quantitative estimate of drug-likeness (QED) is 0.630. The molecule has 0 aromatic rings. The molecule has 3 N–H and O–H groups in total. The number of hydrogen-bond acceptors (Lipinski definition) is 3. The van der Waals surface area contributed by atoms with E-state index in [4.69, 9.17) is 5.73 Å². The maximum absolute atomic E-state index is 5.69. The van der Waals surface area contributed by atoms with E-state index in [1.165, 1.54) is 0 Å². The van der Waals surface area contributed by atoms with Crippen molar-refractivity contribution >= 4 is 11.9 Å². The lowest BCUT2D eigenvalue weighted by Gasteiger charge is -2.28. The Bertz CT molecular complexity index is 233. The van der Waals surface area contributed by atoms with Gasteiger partial charge in [-0.15, -0.1) is 0 Å². The van der Waals surface area contributed by atoms with E-state index in [2.05, 4.69) is 22.2 Å². The summed E-state index contributed by atoms with van der Waals surface area (Å²) in [6.45, 7) is 4.85. The van der Waals surface area contributed by atoms with Crippen LogP contribution in [0, 0.1) is 0 Å². The molecule has 0 aromatic carbocycles. The second kappa shape index (κ2) is 4.11. The Labute approximate surface area is 78.7 Å². The predicted molar refractivity (Wildman–Crippen MR) is 54.6 cm³/mol. The molecule has 13 heavy (non-hydrogen) atoms. The van der Waals surface area contributed by atoms with Gasteiger partial charge in [-0.3, -0.25) is 9.89 Å². The van der Waals surface area contributed by atoms with Gasteiger partial charge in [0.15, 0.2) is 5.96 Å². The number of guanidine groups is 2. The van der Waals surface area contributed by atoms with E-state index in [-0.39, 0.29) is 6.17 Å². The zero-order valence-corrected chi connectivity index (χ0v) is 8.41. The summed E-state index contributed by atoms with van der Waals surface area (Å²) in [6.07, 6.45) is 1.05. The van der Waals surface area contributed by atoms with Gasteiger partial charge in [-0.1, -0.05) is 6.92 Å². The maximum atomic E-state index is 5.69. The molecule has 1 atom stereocenters. The highest BCUT2D eigenvalue weighted by atomic mass is 15.4. The summed E-state index contributed by atoms with van der Waals surface area (Å²) < 4.78 is 0. The molecule has 0 spiro atoms. The highest BCUT2D eigenvalue weighted by Crippen LogP contribution is 1.98.